The second-order valence-electron chi connectivity index (χ2n) is 4.08. The maximum Gasteiger partial charge on any atom is 0.373 e. The molecule has 0 saturated carbocycles. The van der Waals surface area contributed by atoms with Crippen LogP contribution in [0.15, 0.2) is 34.7 Å². The topological polar surface area (TPSA) is 51.5 Å². The molecule has 1 N–H and O–H groups in total. The molecule has 1 heterocycles. The summed E-state index contributed by atoms with van der Waals surface area (Å²) < 4.78 is 10.1. The van der Waals surface area contributed by atoms with Crippen molar-refractivity contribution in [2.24, 2.45) is 0 Å². The fourth-order valence-corrected chi connectivity index (χ4v) is 2.42. The number of halogens is 2. The Bertz CT molecular complexity index is 625. The Balaban J connectivity index is 2.37. The summed E-state index contributed by atoms with van der Waals surface area (Å²) in [7, 11) is 3.08. The lowest BCUT2D eigenvalue weighted by molar-refractivity contribution is 0.0562. The number of esters is 1. The number of hydrogen-bond acceptors (Lipinski definition) is 4. The third kappa shape index (κ3) is 2.98. The van der Waals surface area contributed by atoms with E-state index in [1.165, 1.54) is 7.11 Å². The van der Waals surface area contributed by atoms with Crippen LogP contribution in [0.3, 0.4) is 0 Å². The molecule has 6 heteroatoms. The normalized spacial score (nSPS) is 12.2. The van der Waals surface area contributed by atoms with Gasteiger partial charge in [-0.05, 0) is 36.9 Å². The Morgan fingerprint density at radius 3 is 2.65 bits per heavy atom. The quantitative estimate of drug-likeness (QED) is 0.875. The average molecular weight is 314 g/mol. The van der Waals surface area contributed by atoms with Crippen molar-refractivity contribution in [1.82, 2.24) is 5.32 Å². The van der Waals surface area contributed by atoms with Crippen LogP contribution in [0.2, 0.25) is 10.0 Å². The average Bonchev–Trinajstić information content (AvgIpc) is 2.90. The summed E-state index contributed by atoms with van der Waals surface area (Å²) in [5.74, 6) is 0.193. The number of rotatable bonds is 4. The van der Waals surface area contributed by atoms with Gasteiger partial charge < -0.3 is 14.5 Å². The first-order valence-electron chi connectivity index (χ1n) is 5.87. The van der Waals surface area contributed by atoms with E-state index in [2.05, 4.69) is 10.1 Å². The number of nitrogens with one attached hydrogen (secondary N) is 1. The number of ether oxygens (including phenoxy) is 1. The molecule has 2 rings (SSSR count). The van der Waals surface area contributed by atoms with E-state index in [0.29, 0.717) is 15.8 Å². The van der Waals surface area contributed by atoms with Gasteiger partial charge in [0.2, 0.25) is 5.76 Å². The molecule has 2 aromatic rings. The van der Waals surface area contributed by atoms with Crippen molar-refractivity contribution >= 4 is 29.2 Å². The van der Waals surface area contributed by atoms with Crippen LogP contribution >= 0.6 is 23.2 Å². The lowest BCUT2D eigenvalue weighted by atomic mass is 10.0. The summed E-state index contributed by atoms with van der Waals surface area (Å²) in [5.41, 5.74) is 0.810. The van der Waals surface area contributed by atoms with E-state index in [-0.39, 0.29) is 11.8 Å². The van der Waals surface area contributed by atoms with Crippen LogP contribution in [0.5, 0.6) is 0 Å². The van der Waals surface area contributed by atoms with E-state index >= 15 is 0 Å². The largest absolute Gasteiger partial charge is 0.463 e. The summed E-state index contributed by atoms with van der Waals surface area (Å²) in [6, 6.07) is 8.21. The Labute approximate surface area is 126 Å². The molecule has 0 aliphatic rings. The van der Waals surface area contributed by atoms with Crippen LogP contribution in [-0.2, 0) is 4.74 Å². The van der Waals surface area contributed by atoms with Gasteiger partial charge in [0.05, 0.1) is 13.2 Å². The minimum Gasteiger partial charge on any atom is -0.463 e. The number of benzene rings is 1. The van der Waals surface area contributed by atoms with Crippen LogP contribution in [0.1, 0.15) is 27.9 Å². The number of carbonyl (C=O) groups is 1. The molecular formula is C14H13Cl2NO3. The first-order chi connectivity index (χ1) is 9.56. The van der Waals surface area contributed by atoms with Gasteiger partial charge in [0, 0.05) is 10.0 Å². The maximum atomic E-state index is 11.4. The Kier molecular flexibility index (Phi) is 4.70. The van der Waals surface area contributed by atoms with Gasteiger partial charge >= 0.3 is 5.97 Å². The molecule has 1 unspecified atom stereocenters. The molecule has 0 fully saturated rings. The first-order valence-corrected chi connectivity index (χ1v) is 6.62. The third-order valence-corrected chi connectivity index (χ3v) is 3.42. The molecule has 0 radical (unpaired) electrons. The highest BCUT2D eigenvalue weighted by atomic mass is 35.5. The van der Waals surface area contributed by atoms with E-state index in [0.717, 1.165) is 5.56 Å². The summed E-state index contributed by atoms with van der Waals surface area (Å²) in [6.45, 7) is 0. The van der Waals surface area contributed by atoms with Crippen molar-refractivity contribution in [2.75, 3.05) is 14.2 Å². The van der Waals surface area contributed by atoms with Crippen molar-refractivity contribution in [3.05, 3.63) is 57.5 Å². The number of methoxy groups -OCH3 is 1. The lowest BCUT2D eigenvalue weighted by Crippen LogP contribution is -2.17. The van der Waals surface area contributed by atoms with Crippen LogP contribution < -0.4 is 5.32 Å². The van der Waals surface area contributed by atoms with Crippen LogP contribution in [0, 0.1) is 0 Å². The number of hydrogen-bond donors (Lipinski definition) is 1. The van der Waals surface area contributed by atoms with Gasteiger partial charge in [-0.15, -0.1) is 0 Å². The van der Waals surface area contributed by atoms with Crippen molar-refractivity contribution in [2.45, 2.75) is 6.04 Å². The Morgan fingerprint density at radius 2 is 2.05 bits per heavy atom. The highest BCUT2D eigenvalue weighted by Crippen LogP contribution is 2.31. The van der Waals surface area contributed by atoms with Crippen LogP contribution in [0.25, 0.3) is 0 Å². The number of carbonyl (C=O) groups excluding carboxylic acids is 1. The van der Waals surface area contributed by atoms with E-state index in [4.69, 9.17) is 27.6 Å². The van der Waals surface area contributed by atoms with Gasteiger partial charge in [-0.1, -0.05) is 29.3 Å². The molecule has 1 aromatic heterocycles. The minimum absolute atomic E-state index is 0.146. The summed E-state index contributed by atoms with van der Waals surface area (Å²) in [4.78, 5) is 11.4. The van der Waals surface area contributed by atoms with Gasteiger partial charge in [0.25, 0.3) is 0 Å². The predicted octanol–water partition coefficient (Wildman–Crippen LogP) is 3.68. The number of furan rings is 1. The molecule has 0 aliphatic carbocycles. The Hall–Kier alpha value is -1.49. The fraction of sp³-hybridized carbons (Fsp3) is 0.214. The van der Waals surface area contributed by atoms with E-state index < -0.39 is 5.97 Å². The van der Waals surface area contributed by atoms with Crippen molar-refractivity contribution in [3.63, 3.8) is 0 Å². The summed E-state index contributed by atoms with van der Waals surface area (Å²) in [5, 5.41) is 4.17. The monoisotopic (exact) mass is 313 g/mol. The zero-order chi connectivity index (χ0) is 14.7. The SMILES string of the molecule is CNC(c1ccc(C(=O)OC)o1)c1ccc(Cl)cc1Cl. The molecule has 1 aromatic carbocycles. The highest BCUT2D eigenvalue weighted by molar-refractivity contribution is 6.35. The fourth-order valence-electron chi connectivity index (χ4n) is 1.90. The van der Waals surface area contributed by atoms with Crippen LogP contribution in [0.4, 0.5) is 0 Å². The second-order valence-corrected chi connectivity index (χ2v) is 4.92. The molecule has 0 amide bonds. The summed E-state index contributed by atoms with van der Waals surface area (Å²) in [6.07, 6.45) is 0. The standard InChI is InChI=1S/C14H13Cl2NO3/c1-17-13(9-4-3-8(15)7-10(9)16)11-5-6-12(20-11)14(18)19-2/h3-7,13,17H,1-2H3. The van der Waals surface area contributed by atoms with Gasteiger partial charge in [-0.3, -0.25) is 0 Å². The second kappa shape index (κ2) is 6.31. The maximum absolute atomic E-state index is 11.4. The van der Waals surface area contributed by atoms with Gasteiger partial charge in [-0.2, -0.15) is 0 Å². The molecule has 0 spiro atoms. The smallest absolute Gasteiger partial charge is 0.373 e. The minimum atomic E-state index is -0.520. The van der Waals surface area contributed by atoms with E-state index in [9.17, 15) is 4.79 Å². The molecule has 20 heavy (non-hydrogen) atoms. The van der Waals surface area contributed by atoms with Gasteiger partial charge in [0.1, 0.15) is 5.76 Å². The van der Waals surface area contributed by atoms with Crippen molar-refractivity contribution < 1.29 is 13.9 Å². The Morgan fingerprint density at radius 1 is 1.30 bits per heavy atom. The van der Waals surface area contributed by atoms with Crippen LogP contribution in [-0.4, -0.2) is 20.1 Å². The molecule has 106 valence electrons. The van der Waals surface area contributed by atoms with Crippen molar-refractivity contribution in [1.29, 1.82) is 0 Å². The molecule has 0 aliphatic heterocycles. The van der Waals surface area contributed by atoms with E-state index in [1.807, 2.05) is 6.07 Å². The third-order valence-electron chi connectivity index (χ3n) is 2.86. The molecule has 0 bridgehead atoms. The van der Waals surface area contributed by atoms with Gasteiger partial charge in [0.15, 0.2) is 0 Å². The van der Waals surface area contributed by atoms with Gasteiger partial charge in [-0.25, -0.2) is 4.79 Å². The highest BCUT2D eigenvalue weighted by Gasteiger charge is 2.21. The predicted molar refractivity (Wildman–Crippen MR) is 77.4 cm³/mol. The van der Waals surface area contributed by atoms with E-state index in [1.54, 1.807) is 31.3 Å². The molecule has 0 saturated heterocycles. The zero-order valence-corrected chi connectivity index (χ0v) is 12.5. The lowest BCUT2D eigenvalue weighted by Gasteiger charge is -2.15. The summed E-state index contributed by atoms with van der Waals surface area (Å²) >= 11 is 12.1. The zero-order valence-electron chi connectivity index (χ0n) is 10.9. The molecular weight excluding hydrogens is 301 g/mol. The molecule has 1 atom stereocenters. The molecule has 4 nitrogen and oxygen atoms in total. The first kappa shape index (κ1) is 14.9. The van der Waals surface area contributed by atoms with Crippen molar-refractivity contribution in [3.8, 4) is 0 Å².